The number of aromatic hydroxyl groups is 1. The van der Waals surface area contributed by atoms with Gasteiger partial charge in [0.05, 0.1) is 18.7 Å². The second kappa shape index (κ2) is 5.80. The maximum absolute atomic E-state index is 10.3. The van der Waals surface area contributed by atoms with Gasteiger partial charge in [-0.1, -0.05) is 0 Å². The van der Waals surface area contributed by atoms with Gasteiger partial charge in [0.15, 0.2) is 11.5 Å². The molecule has 0 bridgehead atoms. The van der Waals surface area contributed by atoms with Crippen molar-refractivity contribution in [1.29, 1.82) is 0 Å². The summed E-state index contributed by atoms with van der Waals surface area (Å²) in [7, 11) is 3.20. The fraction of sp³-hybridized carbons (Fsp3) is 0.538. The highest BCUT2D eigenvalue weighted by Gasteiger charge is 2.26. The Bertz CT molecular complexity index is 431. The van der Waals surface area contributed by atoms with Crippen molar-refractivity contribution in [2.45, 2.75) is 18.8 Å². The smallest absolute Gasteiger partial charge is 0.168 e. The van der Waals surface area contributed by atoms with Crippen LogP contribution in [0.2, 0.25) is 0 Å². The number of halogens is 1. The molecule has 18 heavy (non-hydrogen) atoms. The lowest BCUT2D eigenvalue weighted by atomic mass is 9.90. The number of hydrogen-bond donors (Lipinski definition) is 2. The molecule has 1 heterocycles. The summed E-state index contributed by atoms with van der Waals surface area (Å²) in [5.74, 6) is 1.77. The van der Waals surface area contributed by atoms with Crippen LogP contribution in [-0.4, -0.2) is 32.4 Å². The van der Waals surface area contributed by atoms with Crippen molar-refractivity contribution in [3.8, 4) is 17.2 Å². The van der Waals surface area contributed by atoms with E-state index in [1.807, 2.05) is 0 Å². The fourth-order valence-electron chi connectivity index (χ4n) is 2.46. The predicted molar refractivity (Wildman–Crippen MR) is 73.8 cm³/mol. The molecular weight excluding hydrogens is 298 g/mol. The van der Waals surface area contributed by atoms with Crippen molar-refractivity contribution in [3.05, 3.63) is 16.1 Å². The van der Waals surface area contributed by atoms with E-state index < -0.39 is 0 Å². The van der Waals surface area contributed by atoms with Crippen molar-refractivity contribution in [1.82, 2.24) is 5.32 Å². The summed E-state index contributed by atoms with van der Waals surface area (Å²) in [4.78, 5) is 0. The molecule has 2 N–H and O–H groups in total. The van der Waals surface area contributed by atoms with Crippen LogP contribution in [0.3, 0.4) is 0 Å². The lowest BCUT2D eigenvalue weighted by Gasteiger charge is -2.26. The quantitative estimate of drug-likeness (QED) is 0.900. The lowest BCUT2D eigenvalue weighted by molar-refractivity contribution is 0.336. The molecule has 1 aromatic carbocycles. The van der Waals surface area contributed by atoms with Crippen LogP contribution in [-0.2, 0) is 0 Å². The number of rotatable bonds is 3. The number of nitrogens with one attached hydrogen (secondary N) is 1. The number of ether oxygens (including phenoxy) is 2. The summed E-state index contributed by atoms with van der Waals surface area (Å²) in [6.45, 7) is 1.88. The van der Waals surface area contributed by atoms with Crippen LogP contribution in [0.15, 0.2) is 10.5 Å². The first-order valence-corrected chi connectivity index (χ1v) is 6.82. The van der Waals surface area contributed by atoms with Crippen molar-refractivity contribution < 1.29 is 14.6 Å². The van der Waals surface area contributed by atoms with Crippen molar-refractivity contribution in [2.75, 3.05) is 27.3 Å². The minimum absolute atomic E-state index is 0.250. The van der Waals surface area contributed by atoms with Crippen LogP contribution in [0.25, 0.3) is 0 Å². The number of benzene rings is 1. The molecular formula is C13H18BrNO3. The second-order valence-corrected chi connectivity index (χ2v) is 5.25. The highest BCUT2D eigenvalue weighted by molar-refractivity contribution is 9.10. The van der Waals surface area contributed by atoms with Gasteiger partial charge in [-0.2, -0.15) is 0 Å². The Hall–Kier alpha value is -0.940. The van der Waals surface area contributed by atoms with E-state index in [-0.39, 0.29) is 11.7 Å². The van der Waals surface area contributed by atoms with Crippen LogP contribution >= 0.6 is 15.9 Å². The number of piperidine rings is 1. The van der Waals surface area contributed by atoms with Crippen LogP contribution in [0.5, 0.6) is 17.2 Å². The van der Waals surface area contributed by atoms with E-state index in [1.165, 1.54) is 0 Å². The van der Waals surface area contributed by atoms with Crippen molar-refractivity contribution >= 4 is 15.9 Å². The van der Waals surface area contributed by atoms with Crippen LogP contribution < -0.4 is 14.8 Å². The van der Waals surface area contributed by atoms with E-state index in [0.29, 0.717) is 16.0 Å². The van der Waals surface area contributed by atoms with E-state index in [9.17, 15) is 5.11 Å². The number of phenols is 1. The highest BCUT2D eigenvalue weighted by Crippen LogP contribution is 2.47. The Kier molecular flexibility index (Phi) is 4.35. The monoisotopic (exact) mass is 315 g/mol. The van der Waals surface area contributed by atoms with E-state index in [2.05, 4.69) is 21.2 Å². The molecule has 4 nitrogen and oxygen atoms in total. The summed E-state index contributed by atoms with van der Waals surface area (Å²) < 4.78 is 11.4. The average Bonchev–Trinajstić information content (AvgIpc) is 2.42. The van der Waals surface area contributed by atoms with Gasteiger partial charge >= 0.3 is 0 Å². The molecule has 0 spiro atoms. The maximum Gasteiger partial charge on any atom is 0.168 e. The van der Waals surface area contributed by atoms with Crippen LogP contribution in [0.4, 0.5) is 0 Å². The Balaban J connectivity index is 2.51. The predicted octanol–water partition coefficient (Wildman–Crippen LogP) is 2.64. The van der Waals surface area contributed by atoms with Gasteiger partial charge < -0.3 is 19.9 Å². The summed E-state index contributed by atoms with van der Waals surface area (Å²) >= 11 is 3.36. The third kappa shape index (κ3) is 2.42. The third-order valence-corrected chi connectivity index (χ3v) is 3.94. The van der Waals surface area contributed by atoms with Gasteiger partial charge in [-0.15, -0.1) is 0 Å². The van der Waals surface area contributed by atoms with Crippen molar-refractivity contribution in [2.24, 2.45) is 0 Å². The van der Waals surface area contributed by atoms with Gasteiger partial charge in [-0.25, -0.2) is 0 Å². The summed E-state index contributed by atoms with van der Waals surface area (Å²) in [6.07, 6.45) is 2.14. The number of methoxy groups -OCH3 is 2. The number of phenolic OH excluding ortho intramolecular Hbond substituents is 1. The zero-order valence-corrected chi connectivity index (χ0v) is 12.2. The van der Waals surface area contributed by atoms with E-state index in [4.69, 9.17) is 9.47 Å². The van der Waals surface area contributed by atoms with E-state index in [1.54, 1.807) is 20.3 Å². The molecule has 1 aromatic rings. The molecule has 2 rings (SSSR count). The van der Waals surface area contributed by atoms with E-state index >= 15 is 0 Å². The topological polar surface area (TPSA) is 50.7 Å². The molecule has 1 saturated heterocycles. The molecule has 1 aliphatic heterocycles. The van der Waals surface area contributed by atoms with Crippen LogP contribution in [0.1, 0.15) is 24.3 Å². The molecule has 1 unspecified atom stereocenters. The molecule has 0 amide bonds. The zero-order chi connectivity index (χ0) is 13.1. The first-order valence-electron chi connectivity index (χ1n) is 6.03. The summed E-state index contributed by atoms with van der Waals surface area (Å²) in [5, 5.41) is 13.6. The maximum atomic E-state index is 10.3. The second-order valence-electron chi connectivity index (χ2n) is 4.40. The Morgan fingerprint density at radius 1 is 1.39 bits per heavy atom. The highest BCUT2D eigenvalue weighted by atomic mass is 79.9. The van der Waals surface area contributed by atoms with Gasteiger partial charge in [0.25, 0.3) is 0 Å². The molecule has 0 radical (unpaired) electrons. The lowest BCUT2D eigenvalue weighted by Crippen LogP contribution is -2.28. The normalized spacial score (nSPS) is 19.6. The van der Waals surface area contributed by atoms with Gasteiger partial charge in [0.1, 0.15) is 5.75 Å². The Labute approximate surface area is 115 Å². The molecule has 5 heteroatoms. The molecule has 100 valence electrons. The molecule has 1 aliphatic rings. The largest absolute Gasteiger partial charge is 0.506 e. The first kappa shape index (κ1) is 13.5. The fourth-order valence-corrected chi connectivity index (χ4v) is 2.88. The zero-order valence-electron chi connectivity index (χ0n) is 10.6. The van der Waals surface area contributed by atoms with Gasteiger partial charge in [-0.05, 0) is 35.3 Å². The molecule has 1 fully saturated rings. The standard InChI is InChI=1S/C13H18BrNO3/c1-17-10-6-9(14)12(16)11(13(10)18-2)8-4-3-5-15-7-8/h6,8,15-16H,3-5,7H2,1-2H3. The van der Waals surface area contributed by atoms with Gasteiger partial charge in [0, 0.05) is 24.1 Å². The third-order valence-electron chi connectivity index (χ3n) is 3.34. The van der Waals surface area contributed by atoms with Crippen molar-refractivity contribution in [3.63, 3.8) is 0 Å². The SMILES string of the molecule is COc1cc(Br)c(O)c(C2CCCNC2)c1OC. The Morgan fingerprint density at radius 3 is 2.72 bits per heavy atom. The van der Waals surface area contributed by atoms with E-state index in [0.717, 1.165) is 31.5 Å². The summed E-state index contributed by atoms with van der Waals surface area (Å²) in [5.41, 5.74) is 0.830. The molecule has 0 saturated carbocycles. The minimum atomic E-state index is 0.250. The molecule has 1 atom stereocenters. The van der Waals surface area contributed by atoms with Crippen LogP contribution in [0, 0.1) is 0 Å². The summed E-state index contributed by atoms with van der Waals surface area (Å²) in [6, 6.07) is 1.73. The van der Waals surface area contributed by atoms with Gasteiger partial charge in [0.2, 0.25) is 0 Å². The minimum Gasteiger partial charge on any atom is -0.506 e. The average molecular weight is 316 g/mol. The molecule has 0 aliphatic carbocycles. The number of hydrogen-bond acceptors (Lipinski definition) is 4. The first-order chi connectivity index (χ1) is 8.69. The Morgan fingerprint density at radius 2 is 2.17 bits per heavy atom. The molecule has 0 aromatic heterocycles. The van der Waals surface area contributed by atoms with Gasteiger partial charge in [-0.3, -0.25) is 0 Å².